The van der Waals surface area contributed by atoms with E-state index in [2.05, 4.69) is 25.6 Å². The molecule has 0 unspecified atom stereocenters. The summed E-state index contributed by atoms with van der Waals surface area (Å²) in [6, 6.07) is 2.95. The molecule has 0 aromatic carbocycles. The lowest BCUT2D eigenvalue weighted by atomic mass is 10.2. The molecule has 0 amide bonds. The monoisotopic (exact) mass is 430 g/mol. The van der Waals surface area contributed by atoms with Crippen LogP contribution in [0.25, 0.3) is 11.0 Å². The molecule has 0 spiro atoms. The van der Waals surface area contributed by atoms with Gasteiger partial charge in [-0.2, -0.15) is 31.3 Å². The van der Waals surface area contributed by atoms with E-state index in [0.29, 0.717) is 6.20 Å². The Hall–Kier alpha value is -3.05. The van der Waals surface area contributed by atoms with Crippen LogP contribution in [0.1, 0.15) is 25.3 Å². The predicted molar refractivity (Wildman–Crippen MR) is 97.4 cm³/mol. The van der Waals surface area contributed by atoms with E-state index in [0.717, 1.165) is 23.6 Å². The molecular formula is C18H16F6N6. The van der Waals surface area contributed by atoms with Crippen LogP contribution in [0.4, 0.5) is 43.8 Å². The predicted octanol–water partition coefficient (Wildman–Crippen LogP) is 5.12. The van der Waals surface area contributed by atoms with Crippen LogP contribution in [0.3, 0.4) is 0 Å². The van der Waals surface area contributed by atoms with E-state index in [1.807, 2.05) is 6.92 Å². The molecule has 0 atom stereocenters. The Kier molecular flexibility index (Phi) is 4.55. The van der Waals surface area contributed by atoms with E-state index >= 15 is 0 Å². The lowest BCUT2D eigenvalue weighted by molar-refractivity contribution is -0.140. The van der Waals surface area contributed by atoms with Crippen molar-refractivity contribution >= 4 is 28.5 Å². The van der Waals surface area contributed by atoms with Gasteiger partial charge in [-0.05, 0) is 31.9 Å². The molecule has 1 aliphatic carbocycles. The van der Waals surface area contributed by atoms with E-state index in [9.17, 15) is 26.3 Å². The van der Waals surface area contributed by atoms with Gasteiger partial charge in [0.25, 0.3) is 0 Å². The van der Waals surface area contributed by atoms with Gasteiger partial charge in [-0.3, -0.25) is 0 Å². The number of hydrogen-bond acceptors (Lipinski definition) is 5. The van der Waals surface area contributed by atoms with Crippen molar-refractivity contribution in [2.45, 2.75) is 44.2 Å². The number of pyridine rings is 1. The first-order chi connectivity index (χ1) is 13.9. The van der Waals surface area contributed by atoms with Crippen LogP contribution < -0.4 is 10.6 Å². The Morgan fingerprint density at radius 3 is 2.50 bits per heavy atom. The van der Waals surface area contributed by atoms with Gasteiger partial charge in [-0.25, -0.2) is 9.97 Å². The lowest BCUT2D eigenvalue weighted by Crippen LogP contribution is -2.20. The minimum atomic E-state index is -4.76. The molecule has 1 saturated carbocycles. The van der Waals surface area contributed by atoms with Gasteiger partial charge in [0.05, 0.1) is 5.69 Å². The zero-order valence-corrected chi connectivity index (χ0v) is 15.6. The summed E-state index contributed by atoms with van der Waals surface area (Å²) in [7, 11) is 0. The fraction of sp³-hybridized carbons (Fsp3) is 0.389. The molecule has 1 aliphatic rings. The normalized spacial score (nSPS) is 16.0. The SMILES string of the molecule is CC1(Nc2ncc(C(F)(F)F)c(Nc3cn(CC(F)(F)F)c4ncccc34)n2)CC1. The molecular weight excluding hydrogens is 414 g/mol. The van der Waals surface area contributed by atoms with Crippen molar-refractivity contribution < 1.29 is 26.3 Å². The maximum Gasteiger partial charge on any atom is 0.421 e. The first kappa shape index (κ1) is 20.2. The second kappa shape index (κ2) is 6.74. The van der Waals surface area contributed by atoms with E-state index in [-0.39, 0.29) is 28.2 Å². The van der Waals surface area contributed by atoms with Gasteiger partial charge in [-0.15, -0.1) is 0 Å². The Labute approximate surface area is 166 Å². The van der Waals surface area contributed by atoms with Gasteiger partial charge < -0.3 is 15.2 Å². The van der Waals surface area contributed by atoms with Gasteiger partial charge in [0.15, 0.2) is 0 Å². The standard InChI is InChI=1S/C18H16F6N6/c1-16(4-5-16)29-15-26-7-11(18(22,23)24)13(28-15)27-12-8-30(9-17(19,20)21)14-10(12)3-2-6-25-14/h2-3,6-8H,4-5,9H2,1H3,(H2,26,27,28,29). The number of halogens is 6. The largest absolute Gasteiger partial charge is 0.421 e. The highest BCUT2D eigenvalue weighted by Crippen LogP contribution is 2.40. The number of alkyl halides is 6. The Bertz CT molecular complexity index is 1080. The fourth-order valence-electron chi connectivity index (χ4n) is 2.99. The average Bonchev–Trinajstić information content (AvgIpc) is 3.25. The Morgan fingerprint density at radius 2 is 1.87 bits per heavy atom. The Morgan fingerprint density at radius 1 is 1.13 bits per heavy atom. The van der Waals surface area contributed by atoms with Crippen LogP contribution in [0, 0.1) is 0 Å². The van der Waals surface area contributed by atoms with Gasteiger partial charge in [0.2, 0.25) is 5.95 Å². The molecule has 0 saturated heterocycles. The van der Waals surface area contributed by atoms with Crippen molar-refractivity contribution in [1.29, 1.82) is 0 Å². The molecule has 0 bridgehead atoms. The van der Waals surface area contributed by atoms with E-state index < -0.39 is 30.3 Å². The molecule has 6 nitrogen and oxygen atoms in total. The summed E-state index contributed by atoms with van der Waals surface area (Å²) in [6.07, 6.45) is -4.59. The molecule has 0 radical (unpaired) electrons. The van der Waals surface area contributed by atoms with Crippen molar-refractivity contribution in [3.63, 3.8) is 0 Å². The van der Waals surface area contributed by atoms with Crippen LogP contribution in [0.15, 0.2) is 30.7 Å². The molecule has 1 fully saturated rings. The van der Waals surface area contributed by atoms with Crippen molar-refractivity contribution in [2.24, 2.45) is 0 Å². The molecule has 4 rings (SSSR count). The average molecular weight is 430 g/mol. The fourth-order valence-corrected chi connectivity index (χ4v) is 2.99. The molecule has 30 heavy (non-hydrogen) atoms. The summed E-state index contributed by atoms with van der Waals surface area (Å²) in [4.78, 5) is 11.6. The van der Waals surface area contributed by atoms with Crippen LogP contribution in [0.5, 0.6) is 0 Å². The van der Waals surface area contributed by atoms with E-state index in [4.69, 9.17) is 0 Å². The molecule has 160 valence electrons. The van der Waals surface area contributed by atoms with Gasteiger partial charge in [0.1, 0.15) is 23.6 Å². The van der Waals surface area contributed by atoms with Crippen molar-refractivity contribution in [3.8, 4) is 0 Å². The van der Waals surface area contributed by atoms with Crippen LogP contribution in [-0.4, -0.2) is 31.2 Å². The summed E-state index contributed by atoms with van der Waals surface area (Å²) in [5.74, 6) is -0.554. The highest BCUT2D eigenvalue weighted by molar-refractivity contribution is 5.92. The number of rotatable bonds is 5. The maximum absolute atomic E-state index is 13.5. The topological polar surface area (TPSA) is 67.7 Å². The molecule has 3 aromatic heterocycles. The highest BCUT2D eigenvalue weighted by atomic mass is 19.4. The lowest BCUT2D eigenvalue weighted by Gasteiger charge is -2.16. The van der Waals surface area contributed by atoms with Crippen LogP contribution >= 0.6 is 0 Å². The first-order valence-corrected chi connectivity index (χ1v) is 8.94. The third-order valence-electron chi connectivity index (χ3n) is 4.74. The molecule has 12 heteroatoms. The quantitative estimate of drug-likeness (QED) is 0.551. The molecule has 2 N–H and O–H groups in total. The number of aromatic nitrogens is 4. The molecule has 3 heterocycles. The van der Waals surface area contributed by atoms with Crippen molar-refractivity contribution in [2.75, 3.05) is 10.6 Å². The zero-order chi connectivity index (χ0) is 21.7. The van der Waals surface area contributed by atoms with E-state index in [1.54, 1.807) is 0 Å². The van der Waals surface area contributed by atoms with E-state index in [1.165, 1.54) is 18.3 Å². The number of nitrogens with one attached hydrogen (secondary N) is 2. The van der Waals surface area contributed by atoms with Crippen LogP contribution in [-0.2, 0) is 12.7 Å². The summed E-state index contributed by atoms with van der Waals surface area (Å²) < 4.78 is 79.9. The van der Waals surface area contributed by atoms with Gasteiger partial charge >= 0.3 is 12.4 Å². The summed E-state index contributed by atoms with van der Waals surface area (Å²) in [6.45, 7) is 0.556. The number of anilines is 3. The maximum atomic E-state index is 13.5. The first-order valence-electron chi connectivity index (χ1n) is 8.94. The van der Waals surface area contributed by atoms with Gasteiger partial charge in [-0.1, -0.05) is 0 Å². The van der Waals surface area contributed by atoms with Crippen molar-refractivity contribution in [3.05, 3.63) is 36.3 Å². The third kappa shape index (κ3) is 4.26. The zero-order valence-electron chi connectivity index (χ0n) is 15.6. The molecule has 3 aromatic rings. The number of fused-ring (bicyclic) bond motifs is 1. The minimum absolute atomic E-state index is 0.00246. The minimum Gasteiger partial charge on any atom is -0.349 e. The summed E-state index contributed by atoms with van der Waals surface area (Å²) in [5, 5.41) is 5.74. The molecule has 0 aliphatic heterocycles. The smallest absolute Gasteiger partial charge is 0.349 e. The highest BCUT2D eigenvalue weighted by Gasteiger charge is 2.39. The third-order valence-corrected chi connectivity index (χ3v) is 4.74. The summed E-state index contributed by atoms with van der Waals surface area (Å²) >= 11 is 0. The van der Waals surface area contributed by atoms with Crippen LogP contribution in [0.2, 0.25) is 0 Å². The van der Waals surface area contributed by atoms with Crippen molar-refractivity contribution in [1.82, 2.24) is 19.5 Å². The second-order valence-corrected chi connectivity index (χ2v) is 7.42. The number of hydrogen-bond donors (Lipinski definition) is 2. The van der Waals surface area contributed by atoms with Gasteiger partial charge in [0, 0.05) is 29.5 Å². The Balaban J connectivity index is 1.76. The summed E-state index contributed by atoms with van der Waals surface area (Å²) in [5.41, 5.74) is -1.39. The number of nitrogens with zero attached hydrogens (tertiary/aromatic N) is 4. The second-order valence-electron chi connectivity index (χ2n) is 7.42.